The molecule has 0 bridgehead atoms. The number of hydrogen-bond acceptors (Lipinski definition) is 7. The van der Waals surface area contributed by atoms with Crippen molar-refractivity contribution in [3.05, 3.63) is 66.4 Å². The fourth-order valence-corrected chi connectivity index (χ4v) is 4.95. The molecule has 6 rings (SSSR count). The maximum absolute atomic E-state index is 13.7. The average Bonchev–Trinajstić information content (AvgIpc) is 3.64. The van der Waals surface area contributed by atoms with Gasteiger partial charge in [0.25, 0.3) is 0 Å². The number of benzene rings is 2. The molecule has 1 N–H and O–H groups in total. The van der Waals surface area contributed by atoms with E-state index in [4.69, 9.17) is 28.0 Å². The number of rotatable bonds is 3. The molecule has 0 unspecified atom stereocenters. The van der Waals surface area contributed by atoms with Crippen LogP contribution in [0.15, 0.2) is 54.7 Å². The molecule has 4 heterocycles. The Morgan fingerprint density at radius 3 is 1.82 bits per heavy atom. The molecule has 49 heavy (non-hydrogen) atoms. The van der Waals surface area contributed by atoms with Gasteiger partial charge in [-0.25, -0.2) is 13.6 Å². The van der Waals surface area contributed by atoms with E-state index in [-0.39, 0.29) is 28.9 Å². The second kappa shape index (κ2) is 13.8. The van der Waals surface area contributed by atoms with E-state index >= 15 is 0 Å². The van der Waals surface area contributed by atoms with Gasteiger partial charge in [-0.05, 0) is 139 Å². The van der Waals surface area contributed by atoms with Gasteiger partial charge in [-0.15, -0.1) is 0 Å². The largest absolute Gasteiger partial charge is 0.640 e. The number of hydrogen-bond donors (Lipinski definition) is 1. The van der Waals surface area contributed by atoms with Crippen LogP contribution in [0, 0.1) is 11.6 Å². The van der Waals surface area contributed by atoms with Crippen LogP contribution in [0.1, 0.15) is 90.0 Å². The third kappa shape index (κ3) is 8.93. The maximum atomic E-state index is 13.7. The lowest BCUT2D eigenvalue weighted by molar-refractivity contribution is 0.00578. The van der Waals surface area contributed by atoms with Crippen LogP contribution in [0.3, 0.4) is 0 Å². The molecule has 4 aromatic rings. The van der Waals surface area contributed by atoms with E-state index in [0.717, 1.165) is 10.9 Å². The molecule has 2 aromatic carbocycles. The number of nitrogens with zero attached hydrogens (tertiary/aromatic N) is 1. The molecule has 0 atom stereocenters. The minimum absolute atomic E-state index is 0.120. The zero-order chi connectivity index (χ0) is 36.7. The quantitative estimate of drug-likeness (QED) is 0.218. The summed E-state index contributed by atoms with van der Waals surface area (Å²) >= 11 is 0. The number of ether oxygens (including phenoxy) is 1. The first kappa shape index (κ1) is 38.6. The van der Waals surface area contributed by atoms with Gasteiger partial charge in [0.2, 0.25) is 0 Å². The van der Waals surface area contributed by atoms with E-state index in [2.05, 4.69) is 4.98 Å². The van der Waals surface area contributed by atoms with Crippen LogP contribution in [0.2, 0.25) is 0 Å². The number of nitrogens with one attached hydrogen (secondary N) is 1. The van der Waals surface area contributed by atoms with Crippen molar-refractivity contribution in [2.75, 3.05) is 0 Å². The highest BCUT2D eigenvalue weighted by molar-refractivity contribution is 6.62. The topological polar surface area (TPSA) is 93.2 Å². The number of carbonyl (C=O) groups is 1. The number of H-pyrrole nitrogens is 1. The molecule has 2 aliphatic heterocycles. The molecule has 0 aliphatic carbocycles. The van der Waals surface area contributed by atoms with Gasteiger partial charge in [0.05, 0.1) is 33.5 Å². The highest BCUT2D eigenvalue weighted by Crippen LogP contribution is 2.38. The fourth-order valence-electron chi connectivity index (χ4n) is 4.95. The van der Waals surface area contributed by atoms with Gasteiger partial charge in [0.1, 0.15) is 17.2 Å². The number of aromatic amines is 1. The van der Waals surface area contributed by atoms with Crippen LogP contribution >= 0.6 is 0 Å². The van der Waals surface area contributed by atoms with Crippen LogP contribution in [0.5, 0.6) is 0 Å². The molecule has 2 saturated heterocycles. The lowest BCUT2D eigenvalue weighted by Gasteiger charge is -2.32. The molecule has 2 aromatic heterocycles. The van der Waals surface area contributed by atoms with Crippen LogP contribution < -0.4 is 5.59 Å². The first-order chi connectivity index (χ1) is 22.4. The van der Waals surface area contributed by atoms with Gasteiger partial charge < -0.3 is 33.0 Å². The first-order valence-electron chi connectivity index (χ1n) is 16.5. The van der Waals surface area contributed by atoms with E-state index in [0.29, 0.717) is 16.5 Å². The Morgan fingerprint density at radius 1 is 0.776 bits per heavy atom. The third-order valence-electron chi connectivity index (χ3n) is 8.99. The highest BCUT2D eigenvalue weighted by Gasteiger charge is 2.54. The predicted molar refractivity (Wildman–Crippen MR) is 190 cm³/mol. The van der Waals surface area contributed by atoms with Crippen LogP contribution in [-0.2, 0) is 28.0 Å². The van der Waals surface area contributed by atoms with Gasteiger partial charge in [0.15, 0.2) is 0 Å². The van der Waals surface area contributed by atoms with Crippen LogP contribution in [-0.4, -0.2) is 64.2 Å². The summed E-state index contributed by atoms with van der Waals surface area (Å²) in [5.41, 5.74) is -0.374. The second-order valence-corrected chi connectivity index (χ2v) is 15.6. The Kier molecular flexibility index (Phi) is 10.9. The van der Waals surface area contributed by atoms with Gasteiger partial charge in [-0.2, -0.15) is 0 Å². The van der Waals surface area contributed by atoms with E-state index in [1.807, 2.05) is 75.3 Å². The van der Waals surface area contributed by atoms with Crippen molar-refractivity contribution in [2.45, 2.75) is 124 Å². The van der Waals surface area contributed by atoms with Gasteiger partial charge in [-0.3, -0.25) is 4.57 Å². The van der Waals surface area contributed by atoms with Crippen molar-refractivity contribution in [3.63, 3.8) is 0 Å². The zero-order valence-corrected chi connectivity index (χ0v) is 31.0. The number of fused-ring (bicyclic) bond motifs is 2. The van der Waals surface area contributed by atoms with Gasteiger partial charge in [0, 0.05) is 28.6 Å². The van der Waals surface area contributed by atoms with Crippen LogP contribution in [0.4, 0.5) is 13.6 Å². The summed E-state index contributed by atoms with van der Waals surface area (Å²) < 4.78 is 62.0. The Labute approximate surface area is 289 Å². The molecule has 0 saturated carbocycles. The molecule has 2 aliphatic rings. The summed E-state index contributed by atoms with van der Waals surface area (Å²) in [7, 11) is -1.28. The van der Waals surface area contributed by atoms with Crippen molar-refractivity contribution in [2.24, 2.45) is 0 Å². The second-order valence-electron chi connectivity index (χ2n) is 15.6. The molecule has 9 nitrogen and oxygen atoms in total. The Bertz CT molecular complexity index is 1740. The number of carbonyl (C=O) groups excluding carboxylic acids is 1. The van der Waals surface area contributed by atoms with Gasteiger partial charge >= 0.3 is 20.5 Å². The number of aromatic nitrogens is 2. The molecule has 266 valence electrons. The van der Waals surface area contributed by atoms with Gasteiger partial charge in [-0.1, -0.05) is 0 Å². The fraction of sp³-hybridized carbons (Fsp3) is 0.528. The summed E-state index contributed by atoms with van der Waals surface area (Å²) in [6, 6.07) is 12.5. The molecule has 0 amide bonds. The zero-order valence-electron chi connectivity index (χ0n) is 31.0. The third-order valence-corrected chi connectivity index (χ3v) is 8.99. The molecular formula is C36H50B2F2N2O7. The Balaban J connectivity index is 0.000000193. The van der Waals surface area contributed by atoms with Crippen molar-refractivity contribution < 1.29 is 41.6 Å². The average molecular weight is 682 g/mol. The summed E-state index contributed by atoms with van der Waals surface area (Å²) in [5, 5.41) is 1.50. The van der Waals surface area contributed by atoms with Crippen molar-refractivity contribution in [3.8, 4) is 0 Å². The summed E-state index contributed by atoms with van der Waals surface area (Å²) in [6.45, 7) is 25.1. The standard InChI is InChI=1S/C19H25BFNO4.C9H19BO3.C8H6FN/c1-17(2,3)24-16(23)22-14-9-8-13(21)10-12(14)11-15(22)20-25-18(4,5)19(6,7)26-20;1-7(2)11-10-12-8(3,4)9(5,6)13-10;9-7-1-2-8-6(5-7)3-4-10-8/h8-11H,1-7H3;7H,1-6H3;1-5,10H. The van der Waals surface area contributed by atoms with E-state index in [9.17, 15) is 13.6 Å². The minimum atomic E-state index is -0.761. The first-order valence-corrected chi connectivity index (χ1v) is 16.5. The number of halogens is 2. The maximum Gasteiger partial charge on any atom is 0.640 e. The smallest absolute Gasteiger partial charge is 0.443 e. The summed E-state index contributed by atoms with van der Waals surface area (Å²) in [4.78, 5) is 15.8. The van der Waals surface area contributed by atoms with Crippen molar-refractivity contribution in [1.82, 2.24) is 9.55 Å². The van der Waals surface area contributed by atoms with E-state index in [1.165, 1.54) is 28.8 Å². The Morgan fingerprint density at radius 2 is 1.29 bits per heavy atom. The molecule has 0 spiro atoms. The molecule has 13 heteroatoms. The molecule has 2 fully saturated rings. The van der Waals surface area contributed by atoms with E-state index in [1.54, 1.807) is 45.2 Å². The lowest BCUT2D eigenvalue weighted by atomic mass is 9.84. The predicted octanol–water partition coefficient (Wildman–Crippen LogP) is 8.17. The summed E-state index contributed by atoms with van der Waals surface area (Å²) in [6.07, 6.45) is 1.36. The van der Waals surface area contributed by atoms with E-state index < -0.39 is 37.3 Å². The van der Waals surface area contributed by atoms with Crippen LogP contribution in [0.25, 0.3) is 21.8 Å². The normalized spacial score (nSPS) is 19.1. The SMILES string of the molecule is CC(C)(C)OC(=O)n1c(B2OC(C)(C)C(C)(C)O2)cc2cc(F)ccc21.CC(C)OB1OC(C)(C)C(C)(C)O1.Fc1ccc2[nH]ccc2c1. The highest BCUT2D eigenvalue weighted by atomic mass is 19.1. The minimum Gasteiger partial charge on any atom is -0.443 e. The summed E-state index contributed by atoms with van der Waals surface area (Å²) in [5.74, 6) is -0.564. The Hall–Kier alpha value is -3.22. The molecular weight excluding hydrogens is 632 g/mol. The monoisotopic (exact) mass is 682 g/mol. The van der Waals surface area contributed by atoms with Crippen molar-refractivity contribution >= 4 is 47.9 Å². The van der Waals surface area contributed by atoms with Crippen molar-refractivity contribution in [1.29, 1.82) is 0 Å². The lowest BCUT2D eigenvalue weighted by Crippen LogP contribution is -2.43. The molecule has 0 radical (unpaired) electrons.